The van der Waals surface area contributed by atoms with E-state index in [-0.39, 0.29) is 18.0 Å². The summed E-state index contributed by atoms with van der Waals surface area (Å²) < 4.78 is 23.0. The summed E-state index contributed by atoms with van der Waals surface area (Å²) in [6, 6.07) is 7.81. The number of aromatic nitrogens is 1. The molecule has 2 aromatic rings. The van der Waals surface area contributed by atoms with Crippen molar-refractivity contribution in [1.29, 1.82) is 0 Å². The van der Waals surface area contributed by atoms with Gasteiger partial charge in [0.15, 0.2) is 0 Å². The Balaban J connectivity index is 1.67. The number of ether oxygens (including phenoxy) is 4. The molecular weight excluding hydrogens is 446 g/mol. The third-order valence-electron chi connectivity index (χ3n) is 6.80. The van der Waals surface area contributed by atoms with E-state index in [1.807, 2.05) is 23.1 Å². The van der Waals surface area contributed by atoms with Gasteiger partial charge in [0, 0.05) is 50.4 Å². The summed E-state index contributed by atoms with van der Waals surface area (Å²) in [6.45, 7) is 8.92. The van der Waals surface area contributed by atoms with E-state index in [1.54, 1.807) is 13.2 Å². The summed E-state index contributed by atoms with van der Waals surface area (Å²) in [7, 11) is 1.64. The summed E-state index contributed by atoms with van der Waals surface area (Å²) in [4.78, 5) is 20.6. The fraction of sp³-hybridized carbons (Fsp3) is 0.630. The van der Waals surface area contributed by atoms with Crippen molar-refractivity contribution in [1.82, 2.24) is 15.2 Å². The number of benzene rings is 1. The van der Waals surface area contributed by atoms with Crippen molar-refractivity contribution in [3.8, 4) is 11.5 Å². The molecule has 0 aliphatic carbocycles. The highest BCUT2D eigenvalue weighted by Crippen LogP contribution is 2.33. The fourth-order valence-electron chi connectivity index (χ4n) is 4.92. The monoisotopic (exact) mass is 485 g/mol. The Hall–Kier alpha value is -2.42. The molecule has 2 fully saturated rings. The Kier molecular flexibility index (Phi) is 9.18. The molecule has 8 nitrogen and oxygen atoms in total. The molecule has 0 spiro atoms. The molecule has 2 aliphatic rings. The minimum absolute atomic E-state index is 0.0581. The second-order valence-corrected chi connectivity index (χ2v) is 9.67. The van der Waals surface area contributed by atoms with E-state index in [0.29, 0.717) is 48.4 Å². The minimum Gasteiger partial charge on any atom is -0.491 e. The number of carbonyl (C=O) groups is 1. The Morgan fingerprint density at radius 2 is 2.00 bits per heavy atom. The van der Waals surface area contributed by atoms with Gasteiger partial charge in [0.2, 0.25) is 0 Å². The van der Waals surface area contributed by atoms with Crippen LogP contribution in [-0.4, -0.2) is 81.1 Å². The molecule has 4 rings (SSSR count). The van der Waals surface area contributed by atoms with Gasteiger partial charge in [-0.3, -0.25) is 4.79 Å². The van der Waals surface area contributed by atoms with Crippen LogP contribution < -0.4 is 14.8 Å². The molecule has 0 radical (unpaired) electrons. The number of piperidine rings is 1. The molecular formula is C27H39N3O5. The molecule has 1 amide bonds. The maximum absolute atomic E-state index is 13.8. The number of para-hydroxylation sites is 1. The number of fused-ring (bicyclic) bond motifs is 1. The maximum Gasteiger partial charge on any atom is 0.273 e. The van der Waals surface area contributed by atoms with E-state index in [4.69, 9.17) is 23.9 Å². The molecule has 1 aromatic carbocycles. The van der Waals surface area contributed by atoms with Crippen molar-refractivity contribution < 1.29 is 23.7 Å². The van der Waals surface area contributed by atoms with Gasteiger partial charge >= 0.3 is 0 Å². The average molecular weight is 486 g/mol. The quantitative estimate of drug-likeness (QED) is 0.514. The lowest BCUT2D eigenvalue weighted by Crippen LogP contribution is -2.51. The first-order valence-electron chi connectivity index (χ1n) is 12.9. The van der Waals surface area contributed by atoms with E-state index < -0.39 is 0 Å². The van der Waals surface area contributed by atoms with Crippen molar-refractivity contribution in [2.45, 2.75) is 51.6 Å². The van der Waals surface area contributed by atoms with E-state index in [1.165, 1.54) is 0 Å². The fourth-order valence-corrected chi connectivity index (χ4v) is 4.92. The molecule has 1 aromatic heterocycles. The molecule has 2 aliphatic heterocycles. The maximum atomic E-state index is 13.8. The standard InChI is InChI=1S/C27H39N3O5/c1-19(2)30(21-6-5-11-28-17-21)27(31)23-16-25(34-15-14-32-3)22-7-4-8-24(26(22)29-23)35-18-20-9-12-33-13-10-20/h4,7-8,16,19-21,28H,5-6,9-15,17-18H2,1-3H3/t21-/m1/s1. The Bertz CT molecular complexity index is 971. The van der Waals surface area contributed by atoms with E-state index in [2.05, 4.69) is 19.2 Å². The van der Waals surface area contributed by atoms with E-state index in [9.17, 15) is 4.79 Å². The van der Waals surface area contributed by atoms with Crippen LogP contribution in [0.1, 0.15) is 50.0 Å². The van der Waals surface area contributed by atoms with Gasteiger partial charge in [0.25, 0.3) is 5.91 Å². The van der Waals surface area contributed by atoms with Crippen LogP contribution in [0.2, 0.25) is 0 Å². The third-order valence-corrected chi connectivity index (χ3v) is 6.80. The topological polar surface area (TPSA) is 82.2 Å². The summed E-state index contributed by atoms with van der Waals surface area (Å²) in [6.07, 6.45) is 4.03. The largest absolute Gasteiger partial charge is 0.491 e. The Labute approximate surface area is 208 Å². The first-order chi connectivity index (χ1) is 17.1. The third kappa shape index (κ3) is 6.42. The molecule has 0 saturated carbocycles. The van der Waals surface area contributed by atoms with Gasteiger partial charge in [0.1, 0.15) is 29.3 Å². The van der Waals surface area contributed by atoms with Gasteiger partial charge in [-0.1, -0.05) is 6.07 Å². The number of methoxy groups -OCH3 is 1. The van der Waals surface area contributed by atoms with Crippen LogP contribution in [0.5, 0.6) is 11.5 Å². The van der Waals surface area contributed by atoms with Gasteiger partial charge < -0.3 is 29.2 Å². The van der Waals surface area contributed by atoms with Crippen LogP contribution in [-0.2, 0) is 9.47 Å². The number of nitrogens with one attached hydrogen (secondary N) is 1. The number of hydrogen-bond donors (Lipinski definition) is 1. The van der Waals surface area contributed by atoms with Crippen LogP contribution in [0.4, 0.5) is 0 Å². The molecule has 0 unspecified atom stereocenters. The average Bonchev–Trinajstić information content (AvgIpc) is 2.88. The minimum atomic E-state index is -0.0774. The normalized spacial score (nSPS) is 19.1. The molecule has 8 heteroatoms. The zero-order valence-corrected chi connectivity index (χ0v) is 21.3. The Morgan fingerprint density at radius 3 is 2.71 bits per heavy atom. The second-order valence-electron chi connectivity index (χ2n) is 9.67. The number of carbonyl (C=O) groups excluding carboxylic acids is 1. The highest BCUT2D eigenvalue weighted by Gasteiger charge is 2.30. The van der Waals surface area contributed by atoms with Gasteiger partial charge in [0.05, 0.1) is 13.2 Å². The lowest BCUT2D eigenvalue weighted by Gasteiger charge is -2.37. The highest BCUT2D eigenvalue weighted by atomic mass is 16.5. The number of hydrogen-bond acceptors (Lipinski definition) is 7. The van der Waals surface area contributed by atoms with Crippen molar-refractivity contribution in [3.63, 3.8) is 0 Å². The van der Waals surface area contributed by atoms with Crippen molar-refractivity contribution >= 4 is 16.8 Å². The predicted molar refractivity (Wildman–Crippen MR) is 135 cm³/mol. The lowest BCUT2D eigenvalue weighted by molar-refractivity contribution is 0.0499. The number of nitrogens with zero attached hydrogens (tertiary/aromatic N) is 2. The number of rotatable bonds is 10. The summed E-state index contributed by atoms with van der Waals surface area (Å²) in [5.41, 5.74) is 1.04. The number of amides is 1. The van der Waals surface area contributed by atoms with Gasteiger partial charge in [-0.15, -0.1) is 0 Å². The zero-order chi connectivity index (χ0) is 24.6. The van der Waals surface area contributed by atoms with Crippen molar-refractivity contribution in [2.24, 2.45) is 5.92 Å². The lowest BCUT2D eigenvalue weighted by atomic mass is 10.0. The summed E-state index contributed by atoms with van der Waals surface area (Å²) >= 11 is 0. The van der Waals surface area contributed by atoms with E-state index in [0.717, 1.165) is 57.4 Å². The molecule has 0 bridgehead atoms. The SMILES string of the molecule is COCCOc1cc(C(=O)N(C(C)C)[C@@H]2CCCNC2)nc2c(OCC3CCOCC3)cccc12. The van der Waals surface area contributed by atoms with Crippen LogP contribution in [0.15, 0.2) is 24.3 Å². The van der Waals surface area contributed by atoms with E-state index >= 15 is 0 Å². The highest BCUT2D eigenvalue weighted by molar-refractivity contribution is 5.98. The van der Waals surface area contributed by atoms with Gasteiger partial charge in [-0.25, -0.2) is 4.98 Å². The van der Waals surface area contributed by atoms with Crippen molar-refractivity contribution in [3.05, 3.63) is 30.0 Å². The van der Waals surface area contributed by atoms with Crippen LogP contribution in [0.25, 0.3) is 10.9 Å². The predicted octanol–water partition coefficient (Wildman–Crippen LogP) is 3.67. The first-order valence-corrected chi connectivity index (χ1v) is 12.9. The molecule has 2 saturated heterocycles. The number of pyridine rings is 1. The van der Waals surface area contributed by atoms with Crippen molar-refractivity contribution in [2.75, 3.05) is 53.2 Å². The second kappa shape index (κ2) is 12.5. The smallest absolute Gasteiger partial charge is 0.273 e. The summed E-state index contributed by atoms with van der Waals surface area (Å²) in [5, 5.41) is 4.26. The zero-order valence-electron chi connectivity index (χ0n) is 21.3. The molecule has 192 valence electrons. The molecule has 35 heavy (non-hydrogen) atoms. The van der Waals surface area contributed by atoms with Gasteiger partial charge in [-0.2, -0.15) is 0 Å². The molecule has 1 N–H and O–H groups in total. The molecule has 3 heterocycles. The summed E-state index contributed by atoms with van der Waals surface area (Å²) in [5.74, 6) is 1.68. The van der Waals surface area contributed by atoms with Crippen LogP contribution >= 0.6 is 0 Å². The van der Waals surface area contributed by atoms with Crippen LogP contribution in [0, 0.1) is 5.92 Å². The first kappa shape index (κ1) is 25.7. The molecule has 1 atom stereocenters. The Morgan fingerprint density at radius 1 is 1.17 bits per heavy atom. The van der Waals surface area contributed by atoms with Crippen LogP contribution in [0.3, 0.4) is 0 Å². The van der Waals surface area contributed by atoms with Gasteiger partial charge in [-0.05, 0) is 64.1 Å².